The van der Waals surface area contributed by atoms with E-state index < -0.39 is 0 Å². The smallest absolute Gasteiger partial charge is 0.257 e. The Hall–Kier alpha value is -1.76. The van der Waals surface area contributed by atoms with E-state index in [-0.39, 0.29) is 17.3 Å². The van der Waals surface area contributed by atoms with Gasteiger partial charge in [0.05, 0.1) is 12.8 Å². The summed E-state index contributed by atoms with van der Waals surface area (Å²) in [5, 5.41) is 1.21. The summed E-state index contributed by atoms with van der Waals surface area (Å²) in [6.45, 7) is 0. The van der Waals surface area contributed by atoms with Crippen molar-refractivity contribution < 1.29 is 9.53 Å². The van der Waals surface area contributed by atoms with E-state index in [0.717, 1.165) is 22.8 Å². The molecular weight excluding hydrogens is 376 g/mol. The monoisotopic (exact) mass is 390 g/mol. The highest BCUT2D eigenvalue weighted by atomic mass is 35.5. The SMILES string of the molecule is COc1ccc([C@H]2SC[C@@H]3C(=O)N(c4ccc(Cl)cc4)C(=S)N32)cc1. The average Bonchev–Trinajstić information content (AvgIpc) is 3.17. The molecule has 2 atom stereocenters. The van der Waals surface area contributed by atoms with Crippen molar-refractivity contribution in [1.29, 1.82) is 0 Å². The molecule has 25 heavy (non-hydrogen) atoms. The van der Waals surface area contributed by atoms with Crippen molar-refractivity contribution in [3.05, 3.63) is 59.1 Å². The molecule has 2 aliphatic rings. The lowest BCUT2D eigenvalue weighted by molar-refractivity contribution is -0.119. The highest BCUT2D eigenvalue weighted by molar-refractivity contribution is 7.99. The summed E-state index contributed by atoms with van der Waals surface area (Å²) in [5.41, 5.74) is 1.87. The van der Waals surface area contributed by atoms with Crippen LogP contribution in [0.15, 0.2) is 48.5 Å². The van der Waals surface area contributed by atoms with E-state index in [1.807, 2.05) is 41.3 Å². The van der Waals surface area contributed by atoms with Crippen molar-refractivity contribution in [2.75, 3.05) is 17.8 Å². The summed E-state index contributed by atoms with van der Waals surface area (Å²) in [4.78, 5) is 16.5. The molecule has 0 unspecified atom stereocenters. The summed E-state index contributed by atoms with van der Waals surface area (Å²) in [5.74, 6) is 1.56. The van der Waals surface area contributed by atoms with Gasteiger partial charge in [0, 0.05) is 10.8 Å². The summed E-state index contributed by atoms with van der Waals surface area (Å²) in [6.07, 6.45) is 0. The first-order valence-corrected chi connectivity index (χ1v) is 9.61. The first-order valence-electron chi connectivity index (χ1n) is 7.77. The van der Waals surface area contributed by atoms with Crippen LogP contribution in [0.25, 0.3) is 0 Å². The molecule has 2 aromatic carbocycles. The van der Waals surface area contributed by atoms with Gasteiger partial charge < -0.3 is 9.64 Å². The Labute approximate surface area is 160 Å². The minimum atomic E-state index is -0.222. The minimum Gasteiger partial charge on any atom is -0.497 e. The third kappa shape index (κ3) is 2.78. The largest absolute Gasteiger partial charge is 0.497 e. The summed E-state index contributed by atoms with van der Waals surface area (Å²) < 4.78 is 5.22. The van der Waals surface area contributed by atoms with Gasteiger partial charge in [-0.2, -0.15) is 0 Å². The number of ether oxygens (including phenoxy) is 1. The molecule has 0 aromatic heterocycles. The number of hydrogen-bond donors (Lipinski definition) is 0. The van der Waals surface area contributed by atoms with Crippen molar-refractivity contribution >= 4 is 52.3 Å². The summed E-state index contributed by atoms with van der Waals surface area (Å²) in [6, 6.07) is 14.9. The molecule has 7 heteroatoms. The first kappa shape index (κ1) is 16.7. The van der Waals surface area contributed by atoms with Crippen molar-refractivity contribution in [1.82, 2.24) is 4.90 Å². The molecule has 2 aliphatic heterocycles. The van der Waals surface area contributed by atoms with Crippen molar-refractivity contribution in [2.45, 2.75) is 11.4 Å². The number of carbonyl (C=O) groups excluding carboxylic acids is 1. The minimum absolute atomic E-state index is 0.0239. The lowest BCUT2D eigenvalue weighted by atomic mass is 10.2. The molecule has 0 saturated carbocycles. The maximum absolute atomic E-state index is 12.9. The second-order valence-corrected chi connectivity index (χ2v) is 7.73. The van der Waals surface area contributed by atoms with E-state index in [0.29, 0.717) is 10.1 Å². The lowest BCUT2D eigenvalue weighted by Crippen LogP contribution is -2.33. The Morgan fingerprint density at radius 3 is 2.48 bits per heavy atom. The standard InChI is InChI=1S/C18H15ClN2O2S2/c1-23-14-8-2-11(3-9-14)17-21-15(10-25-17)16(22)20(18(21)24)13-6-4-12(19)5-7-13/h2-9,15,17H,10H2,1H3/t15-,17-/m1/s1. The van der Waals surface area contributed by atoms with Crippen LogP contribution in [0.1, 0.15) is 10.9 Å². The number of anilines is 1. The first-order chi connectivity index (χ1) is 12.1. The van der Waals surface area contributed by atoms with Gasteiger partial charge in [-0.15, -0.1) is 11.8 Å². The molecule has 2 heterocycles. The zero-order chi connectivity index (χ0) is 17.6. The summed E-state index contributed by atoms with van der Waals surface area (Å²) in [7, 11) is 1.65. The number of methoxy groups -OCH3 is 1. The van der Waals surface area contributed by atoms with Gasteiger partial charge in [-0.3, -0.25) is 9.69 Å². The maximum Gasteiger partial charge on any atom is 0.257 e. The number of rotatable bonds is 3. The van der Waals surface area contributed by atoms with Gasteiger partial charge in [0.1, 0.15) is 17.2 Å². The van der Waals surface area contributed by atoms with Crippen LogP contribution in [-0.2, 0) is 4.79 Å². The van der Waals surface area contributed by atoms with Crippen LogP contribution in [0.3, 0.4) is 0 Å². The quantitative estimate of drug-likeness (QED) is 0.737. The number of thioether (sulfide) groups is 1. The molecule has 4 nitrogen and oxygen atoms in total. The van der Waals surface area contributed by atoms with Crippen molar-refractivity contribution in [3.63, 3.8) is 0 Å². The number of hydrogen-bond acceptors (Lipinski definition) is 4. The van der Waals surface area contributed by atoms with Gasteiger partial charge in [-0.05, 0) is 54.2 Å². The number of halogens is 1. The fourth-order valence-corrected chi connectivity index (χ4v) is 5.19. The second-order valence-electron chi connectivity index (χ2n) is 5.81. The van der Waals surface area contributed by atoms with E-state index in [1.165, 1.54) is 0 Å². The molecule has 0 bridgehead atoms. The molecule has 0 radical (unpaired) electrons. The highest BCUT2D eigenvalue weighted by Crippen LogP contribution is 2.46. The molecule has 2 aromatic rings. The van der Waals surface area contributed by atoms with Crippen LogP contribution in [0.5, 0.6) is 5.75 Å². The fourth-order valence-electron chi connectivity index (χ4n) is 3.14. The maximum atomic E-state index is 12.9. The van der Waals surface area contributed by atoms with Crippen molar-refractivity contribution in [3.8, 4) is 5.75 Å². The number of amides is 1. The Morgan fingerprint density at radius 2 is 1.84 bits per heavy atom. The third-order valence-corrected chi connectivity index (χ3v) is 6.37. The molecule has 128 valence electrons. The summed E-state index contributed by atoms with van der Waals surface area (Å²) >= 11 is 13.3. The molecule has 0 N–H and O–H groups in total. The topological polar surface area (TPSA) is 32.8 Å². The van der Waals surface area contributed by atoms with Crippen LogP contribution in [0.2, 0.25) is 5.02 Å². The van der Waals surface area contributed by atoms with E-state index in [1.54, 1.807) is 35.9 Å². The van der Waals surface area contributed by atoms with Crippen molar-refractivity contribution in [2.24, 2.45) is 0 Å². The van der Waals surface area contributed by atoms with Crippen LogP contribution >= 0.6 is 35.6 Å². The Kier molecular flexibility index (Phi) is 4.35. The van der Waals surface area contributed by atoms with Gasteiger partial charge >= 0.3 is 0 Å². The highest BCUT2D eigenvalue weighted by Gasteiger charge is 2.50. The number of nitrogens with zero attached hydrogens (tertiary/aromatic N) is 2. The fraction of sp³-hybridized carbons (Fsp3) is 0.222. The molecule has 2 fully saturated rings. The van der Waals surface area contributed by atoms with Crippen LogP contribution < -0.4 is 9.64 Å². The zero-order valence-corrected chi connectivity index (χ0v) is 15.8. The van der Waals surface area contributed by atoms with Gasteiger partial charge in [0.2, 0.25) is 0 Å². The Bertz CT molecular complexity index is 826. The molecule has 4 rings (SSSR count). The molecule has 1 amide bonds. The van der Waals surface area contributed by atoms with Crippen LogP contribution in [0.4, 0.5) is 5.69 Å². The molecule has 2 saturated heterocycles. The predicted octanol–water partition coefficient (Wildman–Crippen LogP) is 4.10. The molecule has 0 spiro atoms. The third-order valence-electron chi connectivity index (χ3n) is 4.40. The number of carbonyl (C=O) groups is 1. The van der Waals surface area contributed by atoms with Gasteiger partial charge in [-0.1, -0.05) is 23.7 Å². The normalized spacial score (nSPS) is 22.5. The molecular formula is C18H15ClN2O2S2. The number of fused-ring (bicyclic) bond motifs is 1. The number of benzene rings is 2. The van der Waals surface area contributed by atoms with Crippen LogP contribution in [0, 0.1) is 0 Å². The van der Waals surface area contributed by atoms with Gasteiger partial charge in [0.15, 0.2) is 5.11 Å². The van der Waals surface area contributed by atoms with E-state index in [9.17, 15) is 4.79 Å². The van der Waals surface area contributed by atoms with E-state index >= 15 is 0 Å². The van der Waals surface area contributed by atoms with Crippen LogP contribution in [-0.4, -0.2) is 34.8 Å². The Balaban J connectivity index is 1.65. The second kappa shape index (κ2) is 6.52. The van der Waals surface area contributed by atoms with E-state index in [2.05, 4.69) is 0 Å². The van der Waals surface area contributed by atoms with E-state index in [4.69, 9.17) is 28.6 Å². The predicted molar refractivity (Wildman–Crippen MR) is 105 cm³/mol. The zero-order valence-electron chi connectivity index (χ0n) is 13.4. The Morgan fingerprint density at radius 1 is 1.16 bits per heavy atom. The average molecular weight is 391 g/mol. The lowest BCUT2D eigenvalue weighted by Gasteiger charge is -2.25. The van der Waals surface area contributed by atoms with Gasteiger partial charge in [0.25, 0.3) is 5.91 Å². The molecule has 0 aliphatic carbocycles. The van der Waals surface area contributed by atoms with Gasteiger partial charge in [-0.25, -0.2) is 0 Å². The number of thiocarbonyl (C=S) groups is 1.